The summed E-state index contributed by atoms with van der Waals surface area (Å²) in [6.45, 7) is 4.55. The third-order valence-corrected chi connectivity index (χ3v) is 6.81. The number of nitrogens with zero attached hydrogens (tertiary/aromatic N) is 4. The predicted octanol–water partition coefficient (Wildman–Crippen LogP) is 5.15. The van der Waals surface area contributed by atoms with E-state index in [1.165, 1.54) is 17.0 Å². The molecule has 2 aliphatic heterocycles. The highest BCUT2D eigenvalue weighted by atomic mass is 19.4. The van der Waals surface area contributed by atoms with E-state index in [-0.39, 0.29) is 12.5 Å². The molecule has 1 spiro atoms. The van der Waals surface area contributed by atoms with E-state index in [4.69, 9.17) is 4.74 Å². The van der Waals surface area contributed by atoms with Crippen molar-refractivity contribution in [2.45, 2.75) is 63.7 Å². The number of likely N-dealkylation sites (N-methyl/N-ethyl adjacent to an activating group) is 1. The van der Waals surface area contributed by atoms with Crippen molar-refractivity contribution < 1.29 is 27.5 Å². The van der Waals surface area contributed by atoms with Crippen molar-refractivity contribution in [2.75, 3.05) is 20.2 Å². The van der Waals surface area contributed by atoms with Gasteiger partial charge in [-0.1, -0.05) is 25.5 Å². The van der Waals surface area contributed by atoms with Crippen LogP contribution in [0.1, 0.15) is 62.2 Å². The number of benzene rings is 1. The molecule has 0 aliphatic carbocycles. The van der Waals surface area contributed by atoms with E-state index >= 15 is 0 Å². The Kier molecular flexibility index (Phi) is 6.75. The molecule has 1 aromatic heterocycles. The fraction of sp³-hybridized carbons (Fsp3) is 0.520. The molecule has 188 valence electrons. The normalized spacial score (nSPS) is 22.3. The van der Waals surface area contributed by atoms with Crippen molar-refractivity contribution >= 4 is 12.0 Å². The number of hydrogen-bond donors (Lipinski definition) is 0. The van der Waals surface area contributed by atoms with Gasteiger partial charge in [-0.25, -0.2) is 14.8 Å². The highest BCUT2D eigenvalue weighted by Crippen LogP contribution is 2.47. The number of alkyl halides is 3. The van der Waals surface area contributed by atoms with Crippen LogP contribution in [-0.2, 0) is 15.7 Å². The average Bonchev–Trinajstić information content (AvgIpc) is 3.34. The summed E-state index contributed by atoms with van der Waals surface area (Å²) >= 11 is 0. The summed E-state index contributed by atoms with van der Waals surface area (Å²) in [5.41, 5.74) is -0.165. The number of carbonyl (C=O) groups is 2. The van der Waals surface area contributed by atoms with Crippen molar-refractivity contribution in [3.63, 3.8) is 0 Å². The Morgan fingerprint density at radius 1 is 1.20 bits per heavy atom. The van der Waals surface area contributed by atoms with E-state index in [9.17, 15) is 22.8 Å². The summed E-state index contributed by atoms with van der Waals surface area (Å²) in [6.07, 6.45) is -1.96. The number of rotatable bonds is 5. The summed E-state index contributed by atoms with van der Waals surface area (Å²) < 4.78 is 44.5. The highest BCUT2D eigenvalue weighted by molar-refractivity contribution is 5.92. The Hall–Kier alpha value is -3.17. The second-order valence-electron chi connectivity index (χ2n) is 9.23. The lowest BCUT2D eigenvalue weighted by atomic mass is 9.94. The summed E-state index contributed by atoms with van der Waals surface area (Å²) in [4.78, 5) is 38.8. The third-order valence-electron chi connectivity index (χ3n) is 6.81. The molecule has 35 heavy (non-hydrogen) atoms. The van der Waals surface area contributed by atoms with Crippen LogP contribution in [0.5, 0.6) is 0 Å². The van der Waals surface area contributed by atoms with Gasteiger partial charge in [0.2, 0.25) is 5.91 Å². The Balaban J connectivity index is 1.70. The molecule has 10 heteroatoms. The van der Waals surface area contributed by atoms with Crippen LogP contribution < -0.4 is 0 Å². The molecule has 0 radical (unpaired) electrons. The SMILES string of the molecule is CCCCOC(=O)N1[C@@H](c2nc(C)cc(-c3ccc(C(F)(F)F)cc3)n2)CC[C@@]12CCN(C)C2=O. The quantitative estimate of drug-likeness (QED) is 0.542. The lowest BCUT2D eigenvalue weighted by molar-refractivity contribution is -0.137. The number of hydrogen-bond acceptors (Lipinski definition) is 5. The number of likely N-dealkylation sites (tertiary alicyclic amines) is 2. The Morgan fingerprint density at radius 3 is 2.51 bits per heavy atom. The minimum atomic E-state index is -4.43. The van der Waals surface area contributed by atoms with Crippen molar-refractivity contribution in [1.29, 1.82) is 0 Å². The molecule has 0 unspecified atom stereocenters. The molecule has 2 atom stereocenters. The van der Waals surface area contributed by atoms with Crippen LogP contribution >= 0.6 is 0 Å². The van der Waals surface area contributed by atoms with Crippen LogP contribution in [0.2, 0.25) is 0 Å². The van der Waals surface area contributed by atoms with Gasteiger partial charge >= 0.3 is 12.3 Å². The van der Waals surface area contributed by atoms with Crippen LogP contribution in [0.15, 0.2) is 30.3 Å². The molecule has 0 bridgehead atoms. The summed E-state index contributed by atoms with van der Waals surface area (Å²) in [5.74, 6) is 0.231. The molecule has 0 N–H and O–H groups in total. The number of aryl methyl sites for hydroxylation is 1. The highest BCUT2D eigenvalue weighted by Gasteiger charge is 2.59. The summed E-state index contributed by atoms with van der Waals surface area (Å²) in [5, 5.41) is 0. The lowest BCUT2D eigenvalue weighted by Crippen LogP contribution is -2.53. The van der Waals surface area contributed by atoms with E-state index in [1.807, 2.05) is 6.92 Å². The molecular weight excluding hydrogens is 461 g/mol. The van der Waals surface area contributed by atoms with Crippen molar-refractivity contribution in [2.24, 2.45) is 0 Å². The minimum absolute atomic E-state index is 0.122. The van der Waals surface area contributed by atoms with E-state index in [2.05, 4.69) is 9.97 Å². The molecule has 2 fully saturated rings. The van der Waals surface area contributed by atoms with Crippen LogP contribution in [0, 0.1) is 6.92 Å². The topological polar surface area (TPSA) is 75.6 Å². The molecule has 2 aromatic rings. The van der Waals surface area contributed by atoms with Gasteiger partial charge in [-0.2, -0.15) is 13.2 Å². The fourth-order valence-electron chi connectivity index (χ4n) is 4.93. The number of amides is 2. The molecule has 4 rings (SSSR count). The maximum absolute atomic E-state index is 13.3. The largest absolute Gasteiger partial charge is 0.449 e. The first-order valence-corrected chi connectivity index (χ1v) is 11.8. The Morgan fingerprint density at radius 2 is 1.91 bits per heavy atom. The smallest absolute Gasteiger partial charge is 0.416 e. The van der Waals surface area contributed by atoms with Crippen LogP contribution in [-0.4, -0.2) is 57.5 Å². The van der Waals surface area contributed by atoms with Gasteiger partial charge in [-0.3, -0.25) is 9.69 Å². The maximum Gasteiger partial charge on any atom is 0.416 e. The van der Waals surface area contributed by atoms with E-state index in [0.717, 1.165) is 18.6 Å². The average molecular weight is 491 g/mol. The van der Waals surface area contributed by atoms with Gasteiger partial charge in [-0.15, -0.1) is 0 Å². The first-order valence-electron chi connectivity index (χ1n) is 11.8. The standard InChI is InChI=1S/C25H29F3N4O3/c1-4-5-14-35-23(34)32-20(10-11-24(32)12-13-31(3)22(24)33)21-29-16(2)15-19(30-21)17-6-8-18(9-7-17)25(26,27)28/h6-9,15,20H,4-5,10-14H2,1-3H3/t20-,24+/m1/s1. The number of ether oxygens (including phenoxy) is 1. The van der Waals surface area contributed by atoms with E-state index in [1.54, 1.807) is 24.9 Å². The lowest BCUT2D eigenvalue weighted by Gasteiger charge is -2.35. The van der Waals surface area contributed by atoms with Gasteiger partial charge in [0, 0.05) is 24.8 Å². The maximum atomic E-state index is 13.3. The second kappa shape index (κ2) is 9.47. The number of unbranched alkanes of at least 4 members (excludes halogenated alkanes) is 1. The van der Waals surface area contributed by atoms with Crippen LogP contribution in [0.4, 0.5) is 18.0 Å². The van der Waals surface area contributed by atoms with Gasteiger partial charge in [0.25, 0.3) is 0 Å². The molecule has 2 saturated heterocycles. The molecular formula is C25H29F3N4O3. The van der Waals surface area contributed by atoms with Crippen molar-refractivity contribution in [1.82, 2.24) is 19.8 Å². The zero-order valence-corrected chi connectivity index (χ0v) is 20.1. The molecule has 7 nitrogen and oxygen atoms in total. The van der Waals surface area contributed by atoms with Crippen LogP contribution in [0.3, 0.4) is 0 Å². The van der Waals surface area contributed by atoms with Crippen molar-refractivity contribution in [3.05, 3.63) is 47.4 Å². The van der Waals surface area contributed by atoms with E-state index in [0.29, 0.717) is 55.0 Å². The zero-order chi connectivity index (χ0) is 25.4. The molecule has 1 aromatic carbocycles. The van der Waals surface area contributed by atoms with Crippen LogP contribution in [0.25, 0.3) is 11.3 Å². The third kappa shape index (κ3) is 4.70. The van der Waals surface area contributed by atoms with E-state index < -0.39 is 29.4 Å². The zero-order valence-electron chi connectivity index (χ0n) is 20.1. The summed E-state index contributed by atoms with van der Waals surface area (Å²) in [7, 11) is 1.72. The molecule has 2 aliphatic rings. The molecule has 3 heterocycles. The first kappa shape index (κ1) is 24.9. The Bertz CT molecular complexity index is 1110. The molecule has 2 amide bonds. The monoisotopic (exact) mass is 490 g/mol. The number of carbonyl (C=O) groups excluding carboxylic acids is 2. The van der Waals surface area contributed by atoms with Crippen molar-refractivity contribution in [3.8, 4) is 11.3 Å². The number of aromatic nitrogens is 2. The van der Waals surface area contributed by atoms with Gasteiger partial charge in [0.05, 0.1) is 23.9 Å². The second-order valence-corrected chi connectivity index (χ2v) is 9.23. The number of halogens is 3. The predicted molar refractivity (Wildman–Crippen MR) is 122 cm³/mol. The minimum Gasteiger partial charge on any atom is -0.449 e. The summed E-state index contributed by atoms with van der Waals surface area (Å²) in [6, 6.07) is 5.89. The van der Waals surface area contributed by atoms with Gasteiger partial charge in [0.1, 0.15) is 5.54 Å². The molecule has 0 saturated carbocycles. The van der Waals surface area contributed by atoms with Gasteiger partial charge < -0.3 is 9.64 Å². The van der Waals surface area contributed by atoms with Gasteiger partial charge in [-0.05, 0) is 50.8 Å². The first-order chi connectivity index (χ1) is 16.6. The Labute approximate surface area is 202 Å². The van der Waals surface area contributed by atoms with Gasteiger partial charge in [0.15, 0.2) is 5.82 Å². The fourth-order valence-corrected chi connectivity index (χ4v) is 4.93.